The lowest BCUT2D eigenvalue weighted by Crippen LogP contribution is -2.30. The van der Waals surface area contributed by atoms with Crippen LogP contribution in [0.15, 0.2) is 5.10 Å². The fourth-order valence-corrected chi connectivity index (χ4v) is 0.390. The van der Waals surface area contributed by atoms with Gasteiger partial charge in [0, 0.05) is 7.05 Å². The van der Waals surface area contributed by atoms with Gasteiger partial charge in [-0.1, -0.05) is 11.8 Å². The zero-order chi connectivity index (χ0) is 7.98. The van der Waals surface area contributed by atoms with Crippen molar-refractivity contribution in [3.8, 4) is 0 Å². The van der Waals surface area contributed by atoms with Gasteiger partial charge in [0.2, 0.25) is 0 Å². The summed E-state index contributed by atoms with van der Waals surface area (Å²) in [5.74, 6) is 0. The first-order valence-corrected chi connectivity index (χ1v) is 4.19. The van der Waals surface area contributed by atoms with E-state index < -0.39 is 0 Å². The third-order valence-corrected chi connectivity index (χ3v) is 1.51. The molecule has 10 heavy (non-hydrogen) atoms. The summed E-state index contributed by atoms with van der Waals surface area (Å²) in [4.78, 5) is 0. The maximum atomic E-state index is 5.34. The predicted octanol–water partition coefficient (Wildman–Crippen LogP) is -0.327. The van der Waals surface area contributed by atoms with Crippen LogP contribution in [0.4, 0.5) is 0 Å². The van der Waals surface area contributed by atoms with Gasteiger partial charge in [-0.15, -0.1) is 5.10 Å². The Hall–Kier alpha value is -0.490. The number of thioether (sulfide) groups is 1. The first-order chi connectivity index (χ1) is 4.70. The maximum Gasteiger partial charge on any atom is 0.186 e. The van der Waals surface area contributed by atoms with Crippen molar-refractivity contribution in [2.24, 2.45) is 10.8 Å². The van der Waals surface area contributed by atoms with E-state index in [1.54, 1.807) is 7.05 Å². The van der Waals surface area contributed by atoms with E-state index >= 15 is 0 Å². The predicted molar refractivity (Wildman–Crippen MR) is 49.9 cm³/mol. The number of hydrazone groups is 1. The van der Waals surface area contributed by atoms with Crippen LogP contribution < -0.4 is 16.5 Å². The van der Waals surface area contributed by atoms with Gasteiger partial charge in [0.25, 0.3) is 0 Å². The molecule has 0 aliphatic carbocycles. The Morgan fingerprint density at radius 3 is 2.70 bits per heavy atom. The highest BCUT2D eigenvalue weighted by molar-refractivity contribution is 8.13. The number of hydrogen-bond donors (Lipinski definition) is 3. The van der Waals surface area contributed by atoms with Crippen LogP contribution in [0.2, 0.25) is 0 Å². The van der Waals surface area contributed by atoms with Crippen LogP contribution in [0.3, 0.4) is 0 Å². The van der Waals surface area contributed by atoms with E-state index in [2.05, 4.69) is 15.8 Å². The summed E-state index contributed by atoms with van der Waals surface area (Å²) in [5, 5.41) is 7.32. The first kappa shape index (κ1) is 9.51. The fourth-order valence-electron chi connectivity index (χ4n) is 0.207. The van der Waals surface area contributed by atoms with Crippen LogP contribution in [-0.2, 0) is 0 Å². The van der Waals surface area contributed by atoms with Gasteiger partial charge in [-0.2, -0.15) is 0 Å². The van der Waals surface area contributed by atoms with Crippen LogP contribution in [0, 0.1) is 0 Å². The van der Waals surface area contributed by atoms with E-state index in [-0.39, 0.29) is 0 Å². The molecular weight excluding hydrogens is 168 g/mol. The normalized spacial score (nSPS) is 10.8. The van der Waals surface area contributed by atoms with Gasteiger partial charge in [0.15, 0.2) is 10.3 Å². The Bertz CT molecular complexity index is 144. The van der Waals surface area contributed by atoms with Crippen molar-refractivity contribution in [1.29, 1.82) is 0 Å². The molecule has 0 radical (unpaired) electrons. The Morgan fingerprint density at radius 1 is 1.70 bits per heavy atom. The average Bonchev–Trinajstić information content (AvgIpc) is 1.99. The molecule has 0 aromatic rings. The molecule has 0 atom stereocenters. The average molecular weight is 178 g/mol. The first-order valence-electron chi connectivity index (χ1n) is 2.55. The van der Waals surface area contributed by atoms with Gasteiger partial charge in [-0.25, -0.2) is 0 Å². The molecule has 0 heterocycles. The molecule has 4 N–H and O–H groups in total. The van der Waals surface area contributed by atoms with Crippen molar-refractivity contribution in [3.05, 3.63) is 0 Å². The highest BCUT2D eigenvalue weighted by atomic mass is 32.2. The number of amidine groups is 1. The second-order valence-electron chi connectivity index (χ2n) is 1.35. The standard InChI is InChI=1S/C4H10N4S2/c1-6-4(9)8-7-3(5)10-2/h1-2H3,(H2,5,7)(H2,6,8,9). The molecule has 0 bridgehead atoms. The molecule has 0 aliphatic heterocycles. The molecule has 6 heteroatoms. The summed E-state index contributed by atoms with van der Waals surface area (Å²) in [5.41, 5.74) is 7.88. The smallest absolute Gasteiger partial charge is 0.186 e. The van der Waals surface area contributed by atoms with Crippen LogP contribution >= 0.6 is 24.0 Å². The van der Waals surface area contributed by atoms with Gasteiger partial charge in [0.05, 0.1) is 0 Å². The Kier molecular flexibility index (Phi) is 5.05. The van der Waals surface area contributed by atoms with Crippen LogP contribution in [0.25, 0.3) is 0 Å². The number of thiocarbonyl (C=S) groups is 1. The Balaban J connectivity index is 3.61. The molecule has 0 aromatic heterocycles. The van der Waals surface area contributed by atoms with Crippen LogP contribution in [0.5, 0.6) is 0 Å². The molecule has 0 aromatic carbocycles. The van der Waals surface area contributed by atoms with Crippen molar-refractivity contribution >= 4 is 34.3 Å². The second-order valence-corrected chi connectivity index (χ2v) is 2.58. The SMILES string of the molecule is CNC(=S)N/N=C(\N)SC. The summed E-state index contributed by atoms with van der Waals surface area (Å²) in [6, 6.07) is 0. The summed E-state index contributed by atoms with van der Waals surface area (Å²) in [6.45, 7) is 0. The summed E-state index contributed by atoms with van der Waals surface area (Å²) < 4.78 is 0. The molecule has 58 valence electrons. The van der Waals surface area contributed by atoms with Crippen molar-refractivity contribution in [2.75, 3.05) is 13.3 Å². The van der Waals surface area contributed by atoms with Crippen LogP contribution in [-0.4, -0.2) is 23.6 Å². The number of rotatable bonds is 1. The largest absolute Gasteiger partial charge is 0.377 e. The maximum absolute atomic E-state index is 5.34. The topological polar surface area (TPSA) is 62.4 Å². The molecule has 0 rings (SSSR count). The highest BCUT2D eigenvalue weighted by Gasteiger charge is 1.87. The monoisotopic (exact) mass is 178 g/mol. The summed E-state index contributed by atoms with van der Waals surface area (Å²) in [7, 11) is 1.71. The molecule has 0 unspecified atom stereocenters. The van der Waals surface area contributed by atoms with E-state index in [4.69, 9.17) is 18.0 Å². The van der Waals surface area contributed by atoms with Crippen molar-refractivity contribution in [3.63, 3.8) is 0 Å². The molecule has 0 spiro atoms. The van der Waals surface area contributed by atoms with Crippen molar-refractivity contribution < 1.29 is 0 Å². The lowest BCUT2D eigenvalue weighted by molar-refractivity contribution is 0.977. The molecule has 4 nitrogen and oxygen atoms in total. The third kappa shape index (κ3) is 4.39. The van der Waals surface area contributed by atoms with Crippen molar-refractivity contribution in [2.45, 2.75) is 0 Å². The molecular formula is C4H10N4S2. The summed E-state index contributed by atoms with van der Waals surface area (Å²) in [6.07, 6.45) is 1.84. The minimum Gasteiger partial charge on any atom is -0.377 e. The summed E-state index contributed by atoms with van der Waals surface area (Å²) >= 11 is 6.08. The van der Waals surface area contributed by atoms with Crippen LogP contribution in [0.1, 0.15) is 0 Å². The van der Waals surface area contributed by atoms with E-state index in [0.717, 1.165) is 0 Å². The number of hydrogen-bond acceptors (Lipinski definition) is 3. The fraction of sp³-hybridized carbons (Fsp3) is 0.500. The second kappa shape index (κ2) is 5.31. The minimum absolute atomic E-state index is 0.456. The molecule has 0 fully saturated rings. The molecule has 0 aliphatic rings. The minimum atomic E-state index is 0.456. The number of nitrogens with one attached hydrogen (secondary N) is 2. The lowest BCUT2D eigenvalue weighted by Gasteiger charge is -2.00. The number of nitrogens with zero attached hydrogens (tertiary/aromatic N) is 1. The molecule has 0 saturated heterocycles. The van der Waals surface area contributed by atoms with Crippen molar-refractivity contribution in [1.82, 2.24) is 10.7 Å². The van der Waals surface area contributed by atoms with Gasteiger partial charge < -0.3 is 11.1 Å². The number of nitrogens with two attached hydrogens (primary N) is 1. The Labute approximate surface area is 69.6 Å². The quantitative estimate of drug-likeness (QED) is 0.222. The van der Waals surface area contributed by atoms with E-state index in [9.17, 15) is 0 Å². The zero-order valence-corrected chi connectivity index (χ0v) is 7.47. The van der Waals surface area contributed by atoms with E-state index in [0.29, 0.717) is 10.3 Å². The van der Waals surface area contributed by atoms with E-state index in [1.807, 2.05) is 6.26 Å². The molecule has 0 amide bonds. The van der Waals surface area contributed by atoms with Gasteiger partial charge in [-0.3, -0.25) is 5.43 Å². The molecule has 0 saturated carbocycles. The van der Waals surface area contributed by atoms with Gasteiger partial charge in [0.1, 0.15) is 0 Å². The van der Waals surface area contributed by atoms with Gasteiger partial charge >= 0.3 is 0 Å². The van der Waals surface area contributed by atoms with E-state index in [1.165, 1.54) is 11.8 Å². The highest BCUT2D eigenvalue weighted by Crippen LogP contribution is 1.87. The third-order valence-electron chi connectivity index (χ3n) is 0.704. The zero-order valence-electron chi connectivity index (χ0n) is 5.84. The van der Waals surface area contributed by atoms with Gasteiger partial charge in [-0.05, 0) is 18.5 Å². The Morgan fingerprint density at radius 2 is 2.30 bits per heavy atom. The lowest BCUT2D eigenvalue weighted by atomic mass is 11.1.